The molecule has 156 valence electrons. The van der Waals surface area contributed by atoms with Gasteiger partial charge in [-0.05, 0) is 48.9 Å². The van der Waals surface area contributed by atoms with Crippen molar-refractivity contribution in [1.82, 2.24) is 9.80 Å². The van der Waals surface area contributed by atoms with Crippen molar-refractivity contribution >= 4 is 23.4 Å². The topological polar surface area (TPSA) is 60.9 Å². The van der Waals surface area contributed by atoms with E-state index in [1.165, 1.54) is 17.0 Å². The fourth-order valence-corrected chi connectivity index (χ4v) is 3.95. The summed E-state index contributed by atoms with van der Waals surface area (Å²) in [6, 6.07) is 11.1. The molecule has 1 saturated heterocycles. The molecule has 6 nitrogen and oxygen atoms in total. The lowest BCUT2D eigenvalue weighted by molar-refractivity contribution is 0.0651. The van der Waals surface area contributed by atoms with Crippen LogP contribution in [0.25, 0.3) is 0 Å². The number of anilines is 1. The molecule has 0 radical (unpaired) electrons. The molecule has 2 aromatic carbocycles. The van der Waals surface area contributed by atoms with Crippen LogP contribution in [0.2, 0.25) is 0 Å². The van der Waals surface area contributed by atoms with Crippen LogP contribution in [0.3, 0.4) is 0 Å². The Hall–Kier alpha value is -3.22. The molecule has 0 N–H and O–H groups in total. The molecule has 0 bridgehead atoms. The molecule has 2 heterocycles. The minimum Gasteiger partial charge on any atom is -0.368 e. The Balaban J connectivity index is 1.44. The molecule has 2 aromatic rings. The van der Waals surface area contributed by atoms with E-state index in [0.29, 0.717) is 49.4 Å². The molecule has 0 aromatic heterocycles. The average molecular weight is 409 g/mol. The Kier molecular flexibility index (Phi) is 5.53. The molecule has 0 spiro atoms. The first kappa shape index (κ1) is 20.1. The number of rotatable bonds is 5. The lowest BCUT2D eigenvalue weighted by atomic mass is 10.0. The molecule has 7 heteroatoms. The van der Waals surface area contributed by atoms with Crippen LogP contribution >= 0.6 is 0 Å². The normalized spacial score (nSPS) is 16.3. The van der Waals surface area contributed by atoms with Crippen molar-refractivity contribution in [3.8, 4) is 0 Å². The van der Waals surface area contributed by atoms with Gasteiger partial charge in [0.05, 0.1) is 11.1 Å². The Morgan fingerprint density at radius 2 is 1.60 bits per heavy atom. The van der Waals surface area contributed by atoms with E-state index in [1.807, 2.05) is 6.92 Å². The lowest BCUT2D eigenvalue weighted by Crippen LogP contribution is -2.48. The summed E-state index contributed by atoms with van der Waals surface area (Å²) < 4.78 is 13.1. The summed E-state index contributed by atoms with van der Waals surface area (Å²) in [6.45, 7) is 4.75. The van der Waals surface area contributed by atoms with Crippen molar-refractivity contribution in [2.45, 2.75) is 19.8 Å². The van der Waals surface area contributed by atoms with Crippen LogP contribution < -0.4 is 4.90 Å². The highest BCUT2D eigenvalue weighted by atomic mass is 19.1. The molecule has 1 fully saturated rings. The second-order valence-electron chi connectivity index (χ2n) is 7.63. The predicted molar refractivity (Wildman–Crippen MR) is 111 cm³/mol. The van der Waals surface area contributed by atoms with Gasteiger partial charge in [-0.1, -0.05) is 13.3 Å². The van der Waals surface area contributed by atoms with Crippen LogP contribution in [-0.2, 0) is 0 Å². The number of amides is 3. The third-order valence-corrected chi connectivity index (χ3v) is 5.71. The molecule has 30 heavy (non-hydrogen) atoms. The highest BCUT2D eigenvalue weighted by molar-refractivity contribution is 6.22. The van der Waals surface area contributed by atoms with Crippen molar-refractivity contribution in [2.24, 2.45) is 0 Å². The molecule has 2 aliphatic heterocycles. The Morgan fingerprint density at radius 3 is 2.27 bits per heavy atom. The van der Waals surface area contributed by atoms with Crippen molar-refractivity contribution in [1.29, 1.82) is 0 Å². The summed E-state index contributed by atoms with van der Waals surface area (Å²) in [5, 5.41) is 0. The van der Waals surface area contributed by atoms with Gasteiger partial charge in [0.25, 0.3) is 17.7 Å². The first-order valence-electron chi connectivity index (χ1n) is 10.3. The first-order chi connectivity index (χ1) is 14.5. The molecule has 0 atom stereocenters. The van der Waals surface area contributed by atoms with Gasteiger partial charge < -0.3 is 9.80 Å². The van der Waals surface area contributed by atoms with Crippen molar-refractivity contribution in [2.75, 3.05) is 37.6 Å². The van der Waals surface area contributed by atoms with E-state index >= 15 is 0 Å². The van der Waals surface area contributed by atoms with Gasteiger partial charge in [-0.2, -0.15) is 0 Å². The largest absolute Gasteiger partial charge is 0.368 e. The SMILES string of the molecule is CCCCN1C(=O)c2ccc(C(=O)N3CCN(c4ccc(F)cc4)CC3)cc2C1=O. The number of nitrogens with zero attached hydrogens (tertiary/aromatic N) is 3. The summed E-state index contributed by atoms with van der Waals surface area (Å²) in [5.41, 5.74) is 2.03. The number of carbonyl (C=O) groups is 3. The van der Waals surface area contributed by atoms with Gasteiger partial charge in [-0.15, -0.1) is 0 Å². The molecule has 2 aliphatic rings. The van der Waals surface area contributed by atoms with Gasteiger partial charge in [-0.25, -0.2) is 4.39 Å². The summed E-state index contributed by atoms with van der Waals surface area (Å²) in [6.07, 6.45) is 1.65. The number of imide groups is 1. The number of piperazine rings is 1. The number of unbranched alkanes of at least 4 members (excludes halogenated alkanes) is 1. The fraction of sp³-hybridized carbons (Fsp3) is 0.348. The molecule has 3 amide bonds. The molecule has 0 aliphatic carbocycles. The van der Waals surface area contributed by atoms with Gasteiger partial charge in [0, 0.05) is 44.0 Å². The highest BCUT2D eigenvalue weighted by Gasteiger charge is 2.36. The van der Waals surface area contributed by atoms with Gasteiger partial charge in [0.2, 0.25) is 0 Å². The van der Waals surface area contributed by atoms with E-state index in [-0.39, 0.29) is 23.5 Å². The summed E-state index contributed by atoms with van der Waals surface area (Å²) in [4.78, 5) is 43.2. The monoisotopic (exact) mass is 409 g/mol. The Morgan fingerprint density at radius 1 is 0.933 bits per heavy atom. The van der Waals surface area contributed by atoms with E-state index in [4.69, 9.17) is 0 Å². The third-order valence-electron chi connectivity index (χ3n) is 5.71. The van der Waals surface area contributed by atoms with Gasteiger partial charge in [-0.3, -0.25) is 19.3 Å². The van der Waals surface area contributed by atoms with E-state index < -0.39 is 0 Å². The fourth-order valence-electron chi connectivity index (χ4n) is 3.95. The van der Waals surface area contributed by atoms with Crippen LogP contribution in [0.5, 0.6) is 0 Å². The number of benzene rings is 2. The van der Waals surface area contributed by atoms with E-state index in [2.05, 4.69) is 4.90 Å². The van der Waals surface area contributed by atoms with Crippen LogP contribution in [0, 0.1) is 5.82 Å². The van der Waals surface area contributed by atoms with Crippen LogP contribution in [-0.4, -0.2) is 60.2 Å². The van der Waals surface area contributed by atoms with Gasteiger partial charge >= 0.3 is 0 Å². The van der Waals surface area contributed by atoms with Gasteiger partial charge in [0.1, 0.15) is 5.82 Å². The van der Waals surface area contributed by atoms with E-state index in [1.54, 1.807) is 35.2 Å². The van der Waals surface area contributed by atoms with Gasteiger partial charge in [0.15, 0.2) is 0 Å². The predicted octanol–water partition coefficient (Wildman–Crippen LogP) is 3.18. The summed E-state index contributed by atoms with van der Waals surface area (Å²) in [7, 11) is 0. The quantitative estimate of drug-likeness (QED) is 0.712. The molecule has 4 rings (SSSR count). The standard InChI is InChI=1S/C23H24FN3O3/c1-2-3-10-27-22(29)19-9-4-16(15-20(19)23(27)30)21(28)26-13-11-25(12-14-26)18-7-5-17(24)6-8-18/h4-9,15H,2-3,10-14H2,1H3. The van der Waals surface area contributed by atoms with Crippen LogP contribution in [0.1, 0.15) is 50.8 Å². The first-order valence-corrected chi connectivity index (χ1v) is 10.3. The minimum absolute atomic E-state index is 0.149. The number of halogens is 1. The minimum atomic E-state index is -0.320. The van der Waals surface area contributed by atoms with Crippen molar-refractivity contribution < 1.29 is 18.8 Å². The highest BCUT2D eigenvalue weighted by Crippen LogP contribution is 2.25. The third kappa shape index (κ3) is 3.67. The number of hydrogen-bond donors (Lipinski definition) is 0. The number of hydrogen-bond acceptors (Lipinski definition) is 4. The maximum Gasteiger partial charge on any atom is 0.261 e. The molecule has 0 unspecified atom stereocenters. The lowest BCUT2D eigenvalue weighted by Gasteiger charge is -2.36. The summed E-state index contributed by atoms with van der Waals surface area (Å²) in [5.74, 6) is -1.02. The van der Waals surface area contributed by atoms with E-state index in [0.717, 1.165) is 18.5 Å². The second kappa shape index (κ2) is 8.26. The Labute approximate surface area is 174 Å². The molecular formula is C23H24FN3O3. The zero-order valence-corrected chi connectivity index (χ0v) is 16.9. The van der Waals surface area contributed by atoms with Crippen LogP contribution in [0.15, 0.2) is 42.5 Å². The maximum atomic E-state index is 13.1. The number of fused-ring (bicyclic) bond motifs is 1. The Bertz CT molecular complexity index is 982. The molecular weight excluding hydrogens is 385 g/mol. The van der Waals surface area contributed by atoms with E-state index in [9.17, 15) is 18.8 Å². The maximum absolute atomic E-state index is 13.1. The second-order valence-corrected chi connectivity index (χ2v) is 7.63. The number of carbonyl (C=O) groups excluding carboxylic acids is 3. The smallest absolute Gasteiger partial charge is 0.261 e. The molecule has 0 saturated carbocycles. The zero-order valence-electron chi connectivity index (χ0n) is 16.9. The average Bonchev–Trinajstić information content (AvgIpc) is 3.01. The summed E-state index contributed by atoms with van der Waals surface area (Å²) >= 11 is 0. The van der Waals surface area contributed by atoms with Crippen molar-refractivity contribution in [3.63, 3.8) is 0 Å². The van der Waals surface area contributed by atoms with Crippen molar-refractivity contribution in [3.05, 3.63) is 65.0 Å². The van der Waals surface area contributed by atoms with Crippen LogP contribution in [0.4, 0.5) is 10.1 Å². The zero-order chi connectivity index (χ0) is 21.3.